The van der Waals surface area contributed by atoms with Crippen LogP contribution in [0.1, 0.15) is 49.7 Å². The van der Waals surface area contributed by atoms with Gasteiger partial charge < -0.3 is 10.2 Å². The Hall–Kier alpha value is -1.84. The Morgan fingerprint density at radius 3 is 2.29 bits per heavy atom. The van der Waals surface area contributed by atoms with Crippen LogP contribution in [0.2, 0.25) is 0 Å². The molecule has 0 unspecified atom stereocenters. The zero-order valence-electron chi connectivity index (χ0n) is 14.8. The van der Waals surface area contributed by atoms with Crippen molar-refractivity contribution in [1.29, 1.82) is 0 Å². The van der Waals surface area contributed by atoms with Gasteiger partial charge in [0.15, 0.2) is 0 Å². The van der Waals surface area contributed by atoms with Gasteiger partial charge in [0.25, 0.3) is 0 Å². The van der Waals surface area contributed by atoms with Crippen LogP contribution in [-0.4, -0.2) is 29.8 Å². The molecule has 1 aliphatic heterocycles. The summed E-state index contributed by atoms with van der Waals surface area (Å²) in [6.07, 6.45) is 5.61. The van der Waals surface area contributed by atoms with Crippen LogP contribution in [0.15, 0.2) is 18.2 Å². The third-order valence-corrected chi connectivity index (χ3v) is 5.73. The van der Waals surface area contributed by atoms with Crippen LogP contribution in [0.5, 0.6) is 0 Å². The molecule has 130 valence electrons. The van der Waals surface area contributed by atoms with Gasteiger partial charge in [-0.3, -0.25) is 9.59 Å². The number of hydrogen-bond donors (Lipinski definition) is 1. The number of amides is 2. The van der Waals surface area contributed by atoms with Gasteiger partial charge in [-0.1, -0.05) is 12.1 Å². The van der Waals surface area contributed by atoms with E-state index in [1.54, 1.807) is 0 Å². The maximum absolute atomic E-state index is 12.6. The van der Waals surface area contributed by atoms with Gasteiger partial charge in [0, 0.05) is 30.6 Å². The van der Waals surface area contributed by atoms with Crippen LogP contribution in [0, 0.1) is 25.7 Å². The van der Waals surface area contributed by atoms with Gasteiger partial charge in [0.05, 0.1) is 0 Å². The van der Waals surface area contributed by atoms with Gasteiger partial charge in [-0.25, -0.2) is 0 Å². The van der Waals surface area contributed by atoms with Crippen LogP contribution in [0.4, 0.5) is 5.69 Å². The van der Waals surface area contributed by atoms with Crippen LogP contribution in [0.3, 0.4) is 0 Å². The summed E-state index contributed by atoms with van der Waals surface area (Å²) >= 11 is 0. The second kappa shape index (κ2) is 7.37. The molecule has 2 amide bonds. The van der Waals surface area contributed by atoms with Gasteiger partial charge in [0.1, 0.15) is 0 Å². The van der Waals surface area contributed by atoms with E-state index in [9.17, 15) is 9.59 Å². The van der Waals surface area contributed by atoms with E-state index in [1.165, 1.54) is 5.56 Å². The standard InChI is InChI=1S/C20H28N2O2/c1-14-6-5-7-18(15(14)2)21-19(23)16-8-10-17(11-9-16)20(24)22-12-3-4-13-22/h5-7,16-17H,3-4,8-13H2,1-2H3,(H,21,23). The first kappa shape index (κ1) is 17.0. The van der Waals surface area contributed by atoms with Crippen LogP contribution < -0.4 is 5.32 Å². The molecule has 2 fully saturated rings. The van der Waals surface area contributed by atoms with Crippen molar-refractivity contribution < 1.29 is 9.59 Å². The predicted octanol–water partition coefficient (Wildman–Crippen LogP) is 3.67. The Morgan fingerprint density at radius 1 is 1.00 bits per heavy atom. The van der Waals surface area contributed by atoms with Gasteiger partial charge in [-0.2, -0.15) is 0 Å². The number of anilines is 1. The quantitative estimate of drug-likeness (QED) is 0.920. The minimum absolute atomic E-state index is 0.0348. The van der Waals surface area contributed by atoms with Crippen molar-refractivity contribution in [2.45, 2.75) is 52.4 Å². The Labute approximate surface area is 144 Å². The summed E-state index contributed by atoms with van der Waals surface area (Å²) in [4.78, 5) is 27.0. The lowest BCUT2D eigenvalue weighted by Crippen LogP contribution is -2.37. The average Bonchev–Trinajstić information content (AvgIpc) is 3.13. The molecule has 1 N–H and O–H groups in total. The lowest BCUT2D eigenvalue weighted by atomic mass is 9.81. The normalized spacial score (nSPS) is 24.0. The summed E-state index contributed by atoms with van der Waals surface area (Å²) < 4.78 is 0. The van der Waals surface area contributed by atoms with Crippen molar-refractivity contribution in [2.24, 2.45) is 11.8 Å². The van der Waals surface area contributed by atoms with Gasteiger partial charge in [-0.15, -0.1) is 0 Å². The van der Waals surface area contributed by atoms with Gasteiger partial charge in [-0.05, 0) is 69.6 Å². The molecule has 1 aromatic carbocycles. The molecule has 0 spiro atoms. The average molecular weight is 328 g/mol. The molecule has 4 heteroatoms. The summed E-state index contributed by atoms with van der Waals surface area (Å²) in [7, 11) is 0. The molecular formula is C20H28N2O2. The third-order valence-electron chi connectivity index (χ3n) is 5.73. The minimum atomic E-state index is 0.0348. The van der Waals surface area contributed by atoms with Gasteiger partial charge >= 0.3 is 0 Å². The van der Waals surface area contributed by atoms with E-state index in [0.717, 1.165) is 62.9 Å². The van der Waals surface area contributed by atoms with E-state index in [1.807, 2.05) is 24.0 Å². The Morgan fingerprint density at radius 2 is 1.62 bits per heavy atom. The highest BCUT2D eigenvalue weighted by Crippen LogP contribution is 2.32. The number of nitrogens with zero attached hydrogens (tertiary/aromatic N) is 1. The Balaban J connectivity index is 1.53. The van der Waals surface area contributed by atoms with Crippen molar-refractivity contribution >= 4 is 17.5 Å². The summed E-state index contributed by atoms with van der Waals surface area (Å²) in [5.41, 5.74) is 3.23. The maximum atomic E-state index is 12.6. The number of rotatable bonds is 3. The molecule has 0 aromatic heterocycles. The Bertz CT molecular complexity index is 612. The van der Waals surface area contributed by atoms with Crippen LogP contribution in [-0.2, 0) is 9.59 Å². The molecule has 1 saturated carbocycles. The number of aryl methyl sites for hydroxylation is 1. The van der Waals surface area contributed by atoms with E-state index in [4.69, 9.17) is 0 Å². The summed E-state index contributed by atoms with van der Waals surface area (Å²) in [5.74, 6) is 0.594. The molecular weight excluding hydrogens is 300 g/mol. The fraction of sp³-hybridized carbons (Fsp3) is 0.600. The fourth-order valence-electron chi connectivity index (χ4n) is 3.92. The molecule has 1 heterocycles. The smallest absolute Gasteiger partial charge is 0.227 e. The van der Waals surface area contributed by atoms with E-state index in [-0.39, 0.29) is 17.7 Å². The fourth-order valence-corrected chi connectivity index (χ4v) is 3.92. The van der Waals surface area contributed by atoms with E-state index >= 15 is 0 Å². The number of benzene rings is 1. The Kier molecular flexibility index (Phi) is 5.22. The van der Waals surface area contributed by atoms with Crippen molar-refractivity contribution in [2.75, 3.05) is 18.4 Å². The molecule has 0 atom stereocenters. The number of hydrogen-bond acceptors (Lipinski definition) is 2. The monoisotopic (exact) mass is 328 g/mol. The summed E-state index contributed by atoms with van der Waals surface area (Å²) in [5, 5.41) is 3.09. The second-order valence-corrected chi connectivity index (χ2v) is 7.32. The first-order valence-corrected chi connectivity index (χ1v) is 9.22. The van der Waals surface area contributed by atoms with Crippen molar-refractivity contribution in [3.8, 4) is 0 Å². The molecule has 3 rings (SSSR count). The van der Waals surface area contributed by atoms with Gasteiger partial charge in [0.2, 0.25) is 11.8 Å². The molecule has 24 heavy (non-hydrogen) atoms. The van der Waals surface area contributed by atoms with Crippen molar-refractivity contribution in [3.63, 3.8) is 0 Å². The van der Waals surface area contributed by atoms with Crippen LogP contribution >= 0.6 is 0 Å². The topological polar surface area (TPSA) is 49.4 Å². The number of likely N-dealkylation sites (tertiary alicyclic amines) is 1. The van der Waals surface area contributed by atoms with Crippen molar-refractivity contribution in [3.05, 3.63) is 29.3 Å². The number of carbonyl (C=O) groups excluding carboxylic acids is 2. The van der Waals surface area contributed by atoms with E-state index in [0.29, 0.717) is 5.91 Å². The maximum Gasteiger partial charge on any atom is 0.227 e. The highest BCUT2D eigenvalue weighted by atomic mass is 16.2. The zero-order chi connectivity index (χ0) is 17.1. The highest BCUT2D eigenvalue weighted by molar-refractivity contribution is 5.93. The van der Waals surface area contributed by atoms with E-state index in [2.05, 4.69) is 18.3 Å². The lowest BCUT2D eigenvalue weighted by Gasteiger charge is -2.30. The number of carbonyl (C=O) groups is 2. The first-order chi connectivity index (χ1) is 11.6. The predicted molar refractivity (Wildman–Crippen MR) is 95.8 cm³/mol. The molecule has 2 aliphatic rings. The second-order valence-electron chi connectivity index (χ2n) is 7.32. The highest BCUT2D eigenvalue weighted by Gasteiger charge is 2.33. The molecule has 1 aliphatic carbocycles. The molecule has 0 bridgehead atoms. The molecule has 0 radical (unpaired) electrons. The molecule has 1 aromatic rings. The summed E-state index contributed by atoms with van der Waals surface area (Å²) in [6, 6.07) is 5.99. The SMILES string of the molecule is Cc1cccc(NC(=O)C2CCC(C(=O)N3CCCC3)CC2)c1C. The minimum Gasteiger partial charge on any atom is -0.342 e. The van der Waals surface area contributed by atoms with E-state index < -0.39 is 0 Å². The third kappa shape index (κ3) is 3.63. The largest absolute Gasteiger partial charge is 0.342 e. The van der Waals surface area contributed by atoms with Crippen LogP contribution in [0.25, 0.3) is 0 Å². The zero-order valence-corrected chi connectivity index (χ0v) is 14.8. The first-order valence-electron chi connectivity index (χ1n) is 9.22. The summed E-state index contributed by atoms with van der Waals surface area (Å²) in [6.45, 7) is 5.94. The molecule has 1 saturated heterocycles. The molecule has 4 nitrogen and oxygen atoms in total. The van der Waals surface area contributed by atoms with Crippen molar-refractivity contribution in [1.82, 2.24) is 4.90 Å². The number of nitrogens with one attached hydrogen (secondary N) is 1. The lowest BCUT2D eigenvalue weighted by molar-refractivity contribution is -0.136.